The van der Waals surface area contributed by atoms with Crippen molar-refractivity contribution in [3.8, 4) is 0 Å². The zero-order valence-corrected chi connectivity index (χ0v) is 24.6. The Labute approximate surface area is 239 Å². The van der Waals surface area contributed by atoms with Crippen LogP contribution in [0.5, 0.6) is 0 Å². The van der Waals surface area contributed by atoms with Gasteiger partial charge in [-0.2, -0.15) is 0 Å². The number of aromatic nitrogens is 1. The monoisotopic (exact) mass is 597 g/mol. The van der Waals surface area contributed by atoms with Gasteiger partial charge in [0.05, 0.1) is 6.54 Å². The second-order valence-electron chi connectivity index (χ2n) is 10.3. The number of nitrogens with zero attached hydrogens (tertiary/aromatic N) is 3. The number of halogens is 2. The summed E-state index contributed by atoms with van der Waals surface area (Å²) in [4.78, 5) is 31.2. The van der Waals surface area contributed by atoms with Crippen LogP contribution in [-0.4, -0.2) is 44.8 Å². The number of rotatable bonds is 10. The van der Waals surface area contributed by atoms with Crippen LogP contribution in [0, 0.1) is 0 Å². The van der Waals surface area contributed by atoms with Gasteiger partial charge in [0.15, 0.2) is 0 Å². The highest BCUT2D eigenvalue weighted by molar-refractivity contribution is 9.10. The summed E-state index contributed by atoms with van der Waals surface area (Å²) in [5, 5.41) is 0.585. The molecule has 1 fully saturated rings. The maximum absolute atomic E-state index is 14.0. The molecular weight excluding hydrogens is 562 g/mol. The molecule has 202 valence electrons. The minimum absolute atomic E-state index is 0.0101. The quantitative estimate of drug-likeness (QED) is 0.242. The smallest absolute Gasteiger partial charge is 0.254 e. The summed E-state index contributed by atoms with van der Waals surface area (Å²) in [5.41, 5.74) is 2.86. The summed E-state index contributed by atoms with van der Waals surface area (Å²) in [6.07, 6.45) is 8.34. The van der Waals surface area contributed by atoms with Crippen LogP contribution >= 0.6 is 27.5 Å². The molecule has 1 heterocycles. The van der Waals surface area contributed by atoms with E-state index >= 15 is 0 Å². The fourth-order valence-electron chi connectivity index (χ4n) is 5.16. The van der Waals surface area contributed by atoms with E-state index in [0.717, 1.165) is 48.8 Å². The van der Waals surface area contributed by atoms with Crippen LogP contribution in [0.3, 0.4) is 0 Å². The van der Waals surface area contributed by atoms with E-state index in [0.29, 0.717) is 17.1 Å². The van der Waals surface area contributed by atoms with Gasteiger partial charge in [-0.25, -0.2) is 0 Å². The molecule has 5 nitrogen and oxygen atoms in total. The Kier molecular flexibility index (Phi) is 10.1. The van der Waals surface area contributed by atoms with Gasteiger partial charge in [-0.15, -0.1) is 0 Å². The SMILES string of the molecule is CC[C@@H](C)N(CC(=O)N(Cc1cccn1Cc1ccc(Br)cc1)C1CCCCC1)C(=O)c1ccc(Cl)cc1. The van der Waals surface area contributed by atoms with Crippen LogP contribution in [-0.2, 0) is 17.9 Å². The highest BCUT2D eigenvalue weighted by Gasteiger charge is 2.30. The van der Waals surface area contributed by atoms with E-state index in [2.05, 4.69) is 57.0 Å². The van der Waals surface area contributed by atoms with Crippen LogP contribution in [0.2, 0.25) is 5.02 Å². The molecule has 0 unspecified atom stereocenters. The van der Waals surface area contributed by atoms with Crippen molar-refractivity contribution < 1.29 is 9.59 Å². The normalized spacial score (nSPS) is 14.7. The Balaban J connectivity index is 1.56. The maximum atomic E-state index is 14.0. The summed E-state index contributed by atoms with van der Waals surface area (Å²) >= 11 is 9.55. The van der Waals surface area contributed by atoms with E-state index in [9.17, 15) is 9.59 Å². The molecule has 1 aliphatic rings. The van der Waals surface area contributed by atoms with E-state index < -0.39 is 0 Å². The number of carbonyl (C=O) groups is 2. The van der Waals surface area contributed by atoms with Crippen LogP contribution in [0.25, 0.3) is 0 Å². The molecule has 2 amide bonds. The van der Waals surface area contributed by atoms with Gasteiger partial charge in [0.1, 0.15) is 6.54 Å². The Bertz CT molecular complexity index is 1200. The lowest BCUT2D eigenvalue weighted by Crippen LogP contribution is -2.49. The third-order valence-electron chi connectivity index (χ3n) is 7.64. The van der Waals surface area contributed by atoms with Crippen LogP contribution in [0.15, 0.2) is 71.3 Å². The molecule has 0 aliphatic heterocycles. The van der Waals surface area contributed by atoms with E-state index in [1.165, 1.54) is 12.0 Å². The fraction of sp³-hybridized carbons (Fsp3) is 0.419. The first-order valence-corrected chi connectivity index (χ1v) is 14.8. The van der Waals surface area contributed by atoms with Crippen molar-refractivity contribution in [2.45, 2.75) is 77.5 Å². The molecule has 38 heavy (non-hydrogen) atoms. The molecule has 0 N–H and O–H groups in total. The van der Waals surface area contributed by atoms with Gasteiger partial charge in [-0.05, 0) is 80.3 Å². The Morgan fingerprint density at radius 3 is 2.37 bits per heavy atom. The van der Waals surface area contributed by atoms with Gasteiger partial charge < -0.3 is 14.4 Å². The van der Waals surface area contributed by atoms with Gasteiger partial charge in [-0.3, -0.25) is 9.59 Å². The van der Waals surface area contributed by atoms with Crippen LogP contribution < -0.4 is 0 Å². The lowest BCUT2D eigenvalue weighted by atomic mass is 9.94. The van der Waals surface area contributed by atoms with Gasteiger partial charge in [0.25, 0.3) is 5.91 Å². The molecule has 0 bridgehead atoms. The van der Waals surface area contributed by atoms with Crippen molar-refractivity contribution in [1.82, 2.24) is 14.4 Å². The molecule has 0 saturated heterocycles. The van der Waals surface area contributed by atoms with Crippen molar-refractivity contribution >= 4 is 39.3 Å². The number of carbonyl (C=O) groups excluding carboxylic acids is 2. The zero-order chi connectivity index (χ0) is 27.1. The molecule has 1 atom stereocenters. The summed E-state index contributed by atoms with van der Waals surface area (Å²) in [6.45, 7) is 5.41. The molecule has 4 rings (SSSR count). The largest absolute Gasteiger partial charge is 0.345 e. The van der Waals surface area contributed by atoms with Crippen molar-refractivity contribution in [1.29, 1.82) is 0 Å². The van der Waals surface area contributed by atoms with Crippen molar-refractivity contribution in [2.24, 2.45) is 0 Å². The second-order valence-corrected chi connectivity index (χ2v) is 11.6. The average Bonchev–Trinajstić information content (AvgIpc) is 3.38. The number of benzene rings is 2. The first-order chi connectivity index (χ1) is 18.4. The van der Waals surface area contributed by atoms with Crippen molar-refractivity contribution in [3.05, 3.63) is 93.2 Å². The Hall–Kier alpha value is -2.57. The maximum Gasteiger partial charge on any atom is 0.254 e. The summed E-state index contributed by atoms with van der Waals surface area (Å²) < 4.78 is 3.28. The van der Waals surface area contributed by atoms with Crippen molar-refractivity contribution in [3.63, 3.8) is 0 Å². The molecule has 0 radical (unpaired) electrons. The fourth-order valence-corrected chi connectivity index (χ4v) is 5.56. The topological polar surface area (TPSA) is 45.6 Å². The predicted molar refractivity (Wildman–Crippen MR) is 157 cm³/mol. The minimum Gasteiger partial charge on any atom is -0.345 e. The first-order valence-electron chi connectivity index (χ1n) is 13.6. The molecule has 1 aromatic heterocycles. The minimum atomic E-state index is -0.133. The molecular formula is C31H37BrClN3O2. The summed E-state index contributed by atoms with van der Waals surface area (Å²) in [5.74, 6) is -0.123. The number of hydrogen-bond donors (Lipinski definition) is 0. The molecule has 3 aromatic rings. The number of hydrogen-bond acceptors (Lipinski definition) is 2. The average molecular weight is 599 g/mol. The number of amides is 2. The summed E-state index contributed by atoms with van der Waals surface area (Å²) in [7, 11) is 0. The van der Waals surface area contributed by atoms with Gasteiger partial charge >= 0.3 is 0 Å². The lowest BCUT2D eigenvalue weighted by molar-refractivity contribution is -0.136. The van der Waals surface area contributed by atoms with Gasteiger partial charge in [0, 0.05) is 45.6 Å². The van der Waals surface area contributed by atoms with Gasteiger partial charge in [0.2, 0.25) is 5.91 Å². The third-order valence-corrected chi connectivity index (χ3v) is 8.42. The molecule has 0 spiro atoms. The first kappa shape index (κ1) is 28.4. The molecule has 7 heteroatoms. The highest BCUT2D eigenvalue weighted by atomic mass is 79.9. The summed E-state index contributed by atoms with van der Waals surface area (Å²) in [6, 6.07) is 19.5. The van der Waals surface area contributed by atoms with E-state index in [1.54, 1.807) is 29.2 Å². The third kappa shape index (κ3) is 7.29. The molecule has 1 aliphatic carbocycles. The van der Waals surface area contributed by atoms with E-state index in [1.807, 2.05) is 24.8 Å². The van der Waals surface area contributed by atoms with Crippen LogP contribution in [0.4, 0.5) is 0 Å². The Morgan fingerprint density at radius 1 is 1.03 bits per heavy atom. The zero-order valence-electron chi connectivity index (χ0n) is 22.3. The lowest BCUT2D eigenvalue weighted by Gasteiger charge is -2.37. The predicted octanol–water partition coefficient (Wildman–Crippen LogP) is 7.55. The highest BCUT2D eigenvalue weighted by Crippen LogP contribution is 2.26. The van der Waals surface area contributed by atoms with Crippen LogP contribution in [0.1, 0.15) is 74.0 Å². The Morgan fingerprint density at radius 2 is 1.71 bits per heavy atom. The van der Waals surface area contributed by atoms with E-state index in [4.69, 9.17) is 11.6 Å². The van der Waals surface area contributed by atoms with E-state index in [-0.39, 0.29) is 30.4 Å². The molecule has 2 aromatic carbocycles. The van der Waals surface area contributed by atoms with Gasteiger partial charge in [-0.1, -0.05) is 65.8 Å². The standard InChI is InChI=1S/C31H37BrClN3O2/c1-3-23(2)35(31(38)25-13-17-27(33)18-14-25)22-30(37)36(28-8-5-4-6-9-28)21-29-10-7-19-34(29)20-24-11-15-26(32)16-12-24/h7,10-19,23,28H,3-6,8-9,20-22H2,1-2H3/t23-/m1/s1. The second kappa shape index (κ2) is 13.5. The molecule has 1 saturated carbocycles. The van der Waals surface area contributed by atoms with Crippen molar-refractivity contribution in [2.75, 3.05) is 6.54 Å².